The first-order chi connectivity index (χ1) is 10.5. The maximum Gasteiger partial charge on any atom is 0.339 e. The van der Waals surface area contributed by atoms with Crippen molar-refractivity contribution in [3.8, 4) is 5.75 Å². The minimum atomic E-state index is -3.87. The van der Waals surface area contributed by atoms with Crippen LogP contribution in [0.1, 0.15) is 5.56 Å². The number of aryl methyl sites for hydroxylation is 1. The van der Waals surface area contributed by atoms with Crippen LogP contribution in [0.4, 0.5) is 0 Å². The third-order valence-electron chi connectivity index (χ3n) is 3.16. The summed E-state index contributed by atoms with van der Waals surface area (Å²) in [5.74, 6) is 0.181. The fourth-order valence-electron chi connectivity index (χ4n) is 2.12. The molecule has 4 nitrogen and oxygen atoms in total. The second-order valence-electron chi connectivity index (χ2n) is 4.76. The van der Waals surface area contributed by atoms with Gasteiger partial charge in [-0.1, -0.05) is 18.2 Å². The molecule has 0 saturated carbocycles. The van der Waals surface area contributed by atoms with Crippen LogP contribution in [0, 0.1) is 11.6 Å². The van der Waals surface area contributed by atoms with E-state index in [1.165, 1.54) is 18.2 Å². The van der Waals surface area contributed by atoms with E-state index >= 15 is 0 Å². The third kappa shape index (κ3) is 2.88. The summed E-state index contributed by atoms with van der Waals surface area (Å²) < 4.78 is 35.3. The highest BCUT2D eigenvalue weighted by atomic mass is 32.2. The normalized spacial score (nSPS) is 11.5. The average molecular weight is 332 g/mol. The van der Waals surface area contributed by atoms with Crippen LogP contribution in [0.15, 0.2) is 63.9 Å². The lowest BCUT2D eigenvalue weighted by atomic mass is 10.1. The van der Waals surface area contributed by atoms with Crippen LogP contribution in [0.5, 0.6) is 5.75 Å². The van der Waals surface area contributed by atoms with Crippen LogP contribution in [-0.2, 0) is 10.1 Å². The van der Waals surface area contributed by atoms with Gasteiger partial charge in [-0.2, -0.15) is 8.42 Å². The topological polar surface area (TPSA) is 56.5 Å². The van der Waals surface area contributed by atoms with E-state index in [9.17, 15) is 8.42 Å². The molecule has 0 N–H and O–H groups in total. The molecule has 0 radical (unpaired) electrons. The van der Waals surface area contributed by atoms with E-state index in [0.29, 0.717) is 10.3 Å². The van der Waals surface area contributed by atoms with Crippen molar-refractivity contribution in [1.82, 2.24) is 0 Å². The summed E-state index contributed by atoms with van der Waals surface area (Å²) in [6, 6.07) is 14.6. The predicted molar refractivity (Wildman–Crippen MR) is 86.0 cm³/mol. The van der Waals surface area contributed by atoms with E-state index < -0.39 is 10.1 Å². The Bertz CT molecular complexity index is 990. The lowest BCUT2D eigenvalue weighted by molar-refractivity contribution is 0.485. The fraction of sp³-hybridized carbons (Fsp3) is 0.0625. The molecule has 22 heavy (non-hydrogen) atoms. The molecule has 0 aliphatic rings. The summed E-state index contributed by atoms with van der Waals surface area (Å²) in [6.45, 7) is 1.91. The van der Waals surface area contributed by atoms with Gasteiger partial charge >= 0.3 is 10.1 Å². The Hall–Kier alpha value is -2.18. The standard InChI is InChI=1S/C16H12O4S2/c1-11-9-16(21)19-15-10-12(7-8-14(11)15)20-22(17,18)13-5-3-2-4-6-13/h2-10H,1H3. The van der Waals surface area contributed by atoms with E-state index in [4.69, 9.17) is 20.8 Å². The van der Waals surface area contributed by atoms with Crippen molar-refractivity contribution in [2.45, 2.75) is 11.8 Å². The summed E-state index contributed by atoms with van der Waals surface area (Å²) in [5, 5.41) is 0.859. The average Bonchev–Trinajstić information content (AvgIpc) is 2.47. The highest BCUT2D eigenvalue weighted by molar-refractivity contribution is 7.87. The molecule has 112 valence electrons. The van der Waals surface area contributed by atoms with Crippen molar-refractivity contribution in [2.75, 3.05) is 0 Å². The molecule has 0 fully saturated rings. The molecule has 1 aromatic heterocycles. The van der Waals surface area contributed by atoms with Crippen LogP contribution >= 0.6 is 12.2 Å². The zero-order valence-electron chi connectivity index (χ0n) is 11.6. The third-order valence-corrected chi connectivity index (χ3v) is 4.62. The molecule has 1 heterocycles. The van der Waals surface area contributed by atoms with E-state index in [2.05, 4.69) is 0 Å². The maximum atomic E-state index is 12.2. The van der Waals surface area contributed by atoms with Gasteiger partial charge in [0.1, 0.15) is 16.2 Å². The quantitative estimate of drug-likeness (QED) is 0.530. The molecule has 6 heteroatoms. The molecule has 0 spiro atoms. The zero-order valence-corrected chi connectivity index (χ0v) is 13.3. The van der Waals surface area contributed by atoms with E-state index in [0.717, 1.165) is 10.9 Å². The molecule has 2 aromatic carbocycles. The summed E-state index contributed by atoms with van der Waals surface area (Å²) in [6.07, 6.45) is 0. The second kappa shape index (κ2) is 5.55. The Labute approximate surface area is 133 Å². The van der Waals surface area contributed by atoms with Gasteiger partial charge in [-0.15, -0.1) is 0 Å². The SMILES string of the molecule is Cc1cc(=S)oc2cc(OS(=O)(=O)c3ccccc3)ccc12. The van der Waals surface area contributed by atoms with Gasteiger partial charge in [0.15, 0.2) is 4.71 Å². The van der Waals surface area contributed by atoms with Gasteiger partial charge < -0.3 is 8.60 Å². The van der Waals surface area contributed by atoms with Crippen molar-refractivity contribution in [3.05, 3.63) is 64.9 Å². The molecule has 0 saturated heterocycles. The Kier molecular flexibility index (Phi) is 3.72. The number of hydrogen-bond donors (Lipinski definition) is 0. The van der Waals surface area contributed by atoms with Gasteiger partial charge in [0, 0.05) is 11.5 Å². The monoisotopic (exact) mass is 332 g/mol. The van der Waals surface area contributed by atoms with E-state index in [-0.39, 0.29) is 10.6 Å². The molecule has 0 atom stereocenters. The number of hydrogen-bond acceptors (Lipinski definition) is 5. The molecule has 0 aliphatic heterocycles. The lowest BCUT2D eigenvalue weighted by Gasteiger charge is -2.08. The smallest absolute Gasteiger partial charge is 0.339 e. The molecule has 0 aliphatic carbocycles. The van der Waals surface area contributed by atoms with Crippen LogP contribution < -0.4 is 4.18 Å². The van der Waals surface area contributed by atoms with E-state index in [1.807, 2.05) is 6.92 Å². The molecule has 3 aromatic rings. The molecular weight excluding hydrogens is 320 g/mol. The van der Waals surface area contributed by atoms with Crippen molar-refractivity contribution < 1.29 is 17.0 Å². The predicted octanol–water partition coefficient (Wildman–Crippen LogP) is 4.24. The molecular formula is C16H12O4S2. The number of fused-ring (bicyclic) bond motifs is 1. The maximum absolute atomic E-state index is 12.2. The summed E-state index contributed by atoms with van der Waals surface area (Å²) >= 11 is 5.03. The fourth-order valence-corrected chi connectivity index (χ4v) is 3.33. The van der Waals surface area contributed by atoms with Gasteiger partial charge in [0.25, 0.3) is 0 Å². The number of rotatable bonds is 3. The van der Waals surface area contributed by atoms with Gasteiger partial charge in [0.2, 0.25) is 0 Å². The molecule has 3 rings (SSSR count). The first-order valence-corrected chi connectivity index (χ1v) is 8.31. The van der Waals surface area contributed by atoms with Crippen molar-refractivity contribution >= 4 is 33.3 Å². The summed E-state index contributed by atoms with van der Waals surface area (Å²) in [7, 11) is -3.87. The Morgan fingerprint density at radius 3 is 2.50 bits per heavy atom. The van der Waals surface area contributed by atoms with Crippen molar-refractivity contribution in [2.24, 2.45) is 0 Å². The van der Waals surface area contributed by atoms with Gasteiger partial charge in [0.05, 0.1) is 0 Å². The van der Waals surface area contributed by atoms with Gasteiger partial charge in [-0.05, 0) is 55.0 Å². The van der Waals surface area contributed by atoms with E-state index in [1.54, 1.807) is 36.4 Å². The van der Waals surface area contributed by atoms with Crippen LogP contribution in [0.3, 0.4) is 0 Å². The van der Waals surface area contributed by atoms with Crippen LogP contribution in [0.2, 0.25) is 0 Å². The molecule has 0 bridgehead atoms. The first kappa shape index (κ1) is 14.7. The van der Waals surface area contributed by atoms with Crippen molar-refractivity contribution in [1.29, 1.82) is 0 Å². The molecule has 0 amide bonds. The van der Waals surface area contributed by atoms with Gasteiger partial charge in [-0.25, -0.2) is 0 Å². The second-order valence-corrected chi connectivity index (χ2v) is 6.71. The van der Waals surface area contributed by atoms with Gasteiger partial charge in [-0.3, -0.25) is 0 Å². The lowest BCUT2D eigenvalue weighted by Crippen LogP contribution is -2.09. The summed E-state index contributed by atoms with van der Waals surface area (Å²) in [4.78, 5) is 0.0974. The molecule has 0 unspecified atom stereocenters. The van der Waals surface area contributed by atoms with Crippen LogP contribution in [0.25, 0.3) is 11.0 Å². The Balaban J connectivity index is 2.03. The Morgan fingerprint density at radius 1 is 1.05 bits per heavy atom. The largest absolute Gasteiger partial charge is 0.445 e. The first-order valence-electron chi connectivity index (χ1n) is 6.50. The highest BCUT2D eigenvalue weighted by Crippen LogP contribution is 2.26. The van der Waals surface area contributed by atoms with Crippen LogP contribution in [-0.4, -0.2) is 8.42 Å². The minimum Gasteiger partial charge on any atom is -0.445 e. The zero-order chi connectivity index (χ0) is 15.7. The number of benzene rings is 2. The van der Waals surface area contributed by atoms with Crippen molar-refractivity contribution in [3.63, 3.8) is 0 Å². The Morgan fingerprint density at radius 2 is 1.77 bits per heavy atom. The highest BCUT2D eigenvalue weighted by Gasteiger charge is 2.16. The minimum absolute atomic E-state index is 0.0974. The summed E-state index contributed by atoms with van der Waals surface area (Å²) in [5.41, 5.74) is 1.45.